The first-order valence-corrected chi connectivity index (χ1v) is 5.62. The molecule has 0 aliphatic heterocycles. The van der Waals surface area contributed by atoms with Gasteiger partial charge in [-0.05, 0) is 25.7 Å². The van der Waals surface area contributed by atoms with Crippen LogP contribution in [0.3, 0.4) is 0 Å². The summed E-state index contributed by atoms with van der Waals surface area (Å²) in [6.45, 7) is 0. The molecular weight excluding hydrogens is 225 g/mol. The number of halogens is 1. The van der Waals surface area contributed by atoms with Crippen LogP contribution in [0, 0.1) is 11.7 Å². The first-order valence-electron chi connectivity index (χ1n) is 5.62. The van der Waals surface area contributed by atoms with Gasteiger partial charge in [0.25, 0.3) is 0 Å². The molecule has 6 heteroatoms. The van der Waals surface area contributed by atoms with Gasteiger partial charge >= 0.3 is 5.97 Å². The maximum atomic E-state index is 12.6. The number of hydrogen-bond donors (Lipinski definition) is 2. The summed E-state index contributed by atoms with van der Waals surface area (Å²) < 4.78 is 12.6. The van der Waals surface area contributed by atoms with E-state index in [9.17, 15) is 9.18 Å². The number of aliphatic carboxylic acids is 1. The van der Waals surface area contributed by atoms with E-state index in [1.54, 1.807) is 0 Å². The Morgan fingerprint density at radius 3 is 2.41 bits per heavy atom. The van der Waals surface area contributed by atoms with Crippen LogP contribution in [0.25, 0.3) is 0 Å². The maximum absolute atomic E-state index is 12.6. The lowest BCUT2D eigenvalue weighted by molar-refractivity contribution is -0.142. The second kappa shape index (κ2) is 5.07. The van der Waals surface area contributed by atoms with Crippen molar-refractivity contribution in [3.8, 4) is 0 Å². The van der Waals surface area contributed by atoms with Crippen LogP contribution < -0.4 is 5.32 Å². The van der Waals surface area contributed by atoms with Gasteiger partial charge in [0.1, 0.15) is 0 Å². The lowest BCUT2D eigenvalue weighted by atomic mass is 9.86. The Labute approximate surface area is 98.1 Å². The molecular formula is C11H14FN3O2. The van der Waals surface area contributed by atoms with Gasteiger partial charge in [-0.15, -0.1) is 0 Å². The van der Waals surface area contributed by atoms with Crippen LogP contribution in [0.1, 0.15) is 25.7 Å². The van der Waals surface area contributed by atoms with E-state index in [0.717, 1.165) is 25.2 Å². The predicted octanol–water partition coefficient (Wildman–Crippen LogP) is 1.67. The standard InChI is InChI=1S/C11H14FN3O2/c12-8-5-13-11(14-6-8)15-9-3-1-7(2-4-9)10(16)17/h5-7,9H,1-4H2,(H,16,17)(H,13,14,15). The molecule has 2 N–H and O–H groups in total. The fourth-order valence-corrected chi connectivity index (χ4v) is 2.05. The smallest absolute Gasteiger partial charge is 0.306 e. The molecule has 0 atom stereocenters. The van der Waals surface area contributed by atoms with Gasteiger partial charge in [-0.3, -0.25) is 4.79 Å². The summed E-state index contributed by atoms with van der Waals surface area (Å²) in [6.07, 6.45) is 5.09. The van der Waals surface area contributed by atoms with Crippen molar-refractivity contribution in [2.75, 3.05) is 5.32 Å². The third kappa shape index (κ3) is 3.12. The number of rotatable bonds is 3. The zero-order chi connectivity index (χ0) is 12.3. The molecule has 0 aromatic carbocycles. The van der Waals surface area contributed by atoms with Gasteiger partial charge in [0, 0.05) is 6.04 Å². The Morgan fingerprint density at radius 2 is 1.88 bits per heavy atom. The topological polar surface area (TPSA) is 75.1 Å². The maximum Gasteiger partial charge on any atom is 0.306 e. The van der Waals surface area contributed by atoms with Crippen molar-refractivity contribution in [1.29, 1.82) is 0 Å². The van der Waals surface area contributed by atoms with Crippen LogP contribution in [0.2, 0.25) is 0 Å². The molecule has 0 radical (unpaired) electrons. The molecule has 5 nitrogen and oxygen atoms in total. The second-order valence-electron chi connectivity index (χ2n) is 4.26. The summed E-state index contributed by atoms with van der Waals surface area (Å²) in [5.74, 6) is -1.03. The molecule has 92 valence electrons. The summed E-state index contributed by atoms with van der Waals surface area (Å²) >= 11 is 0. The molecule has 0 unspecified atom stereocenters. The first kappa shape index (κ1) is 11.8. The normalized spacial score (nSPS) is 24.3. The van der Waals surface area contributed by atoms with Gasteiger partial charge in [0.05, 0.1) is 18.3 Å². The van der Waals surface area contributed by atoms with E-state index in [0.29, 0.717) is 18.8 Å². The highest BCUT2D eigenvalue weighted by Gasteiger charge is 2.26. The molecule has 0 spiro atoms. The van der Waals surface area contributed by atoms with Gasteiger partial charge < -0.3 is 10.4 Å². The first-order chi connectivity index (χ1) is 8.15. The zero-order valence-electron chi connectivity index (χ0n) is 9.27. The van der Waals surface area contributed by atoms with Crippen LogP contribution in [0.5, 0.6) is 0 Å². The molecule has 1 fully saturated rings. The number of hydrogen-bond acceptors (Lipinski definition) is 4. The van der Waals surface area contributed by atoms with Crippen molar-refractivity contribution in [3.63, 3.8) is 0 Å². The highest BCUT2D eigenvalue weighted by molar-refractivity contribution is 5.70. The van der Waals surface area contributed by atoms with Crippen molar-refractivity contribution in [2.24, 2.45) is 5.92 Å². The van der Waals surface area contributed by atoms with E-state index in [1.807, 2.05) is 0 Å². The van der Waals surface area contributed by atoms with Crippen LogP contribution in [-0.4, -0.2) is 27.1 Å². The highest BCUT2D eigenvalue weighted by Crippen LogP contribution is 2.25. The molecule has 0 amide bonds. The molecule has 1 aliphatic rings. The average molecular weight is 239 g/mol. The van der Waals surface area contributed by atoms with Crippen LogP contribution >= 0.6 is 0 Å². The number of nitrogens with one attached hydrogen (secondary N) is 1. The number of carboxylic acid groups (broad SMARTS) is 1. The highest BCUT2D eigenvalue weighted by atomic mass is 19.1. The minimum absolute atomic E-state index is 0.177. The summed E-state index contributed by atoms with van der Waals surface area (Å²) in [5, 5.41) is 11.9. The Morgan fingerprint density at radius 1 is 1.29 bits per heavy atom. The van der Waals surface area contributed by atoms with Crippen molar-refractivity contribution >= 4 is 11.9 Å². The van der Waals surface area contributed by atoms with E-state index in [1.165, 1.54) is 0 Å². The summed E-state index contributed by atoms with van der Waals surface area (Å²) in [4.78, 5) is 18.4. The van der Waals surface area contributed by atoms with Crippen molar-refractivity contribution < 1.29 is 14.3 Å². The molecule has 17 heavy (non-hydrogen) atoms. The van der Waals surface area contributed by atoms with Gasteiger partial charge in [-0.2, -0.15) is 0 Å². The number of carbonyl (C=O) groups is 1. The third-order valence-electron chi connectivity index (χ3n) is 3.03. The van der Waals surface area contributed by atoms with E-state index in [-0.39, 0.29) is 12.0 Å². The molecule has 1 aliphatic carbocycles. The Balaban J connectivity index is 1.85. The quantitative estimate of drug-likeness (QED) is 0.839. The third-order valence-corrected chi connectivity index (χ3v) is 3.03. The van der Waals surface area contributed by atoms with Crippen molar-refractivity contribution in [2.45, 2.75) is 31.7 Å². The van der Waals surface area contributed by atoms with E-state index in [2.05, 4.69) is 15.3 Å². The van der Waals surface area contributed by atoms with Crippen LogP contribution in [0.4, 0.5) is 10.3 Å². The Hall–Kier alpha value is -1.72. The summed E-state index contributed by atoms with van der Waals surface area (Å²) in [7, 11) is 0. The molecule has 1 aromatic rings. The summed E-state index contributed by atoms with van der Waals surface area (Å²) in [6, 6.07) is 0.177. The largest absolute Gasteiger partial charge is 0.481 e. The lowest BCUT2D eigenvalue weighted by Gasteiger charge is -2.26. The van der Waals surface area contributed by atoms with Crippen molar-refractivity contribution in [3.05, 3.63) is 18.2 Å². The Kier molecular flexibility index (Phi) is 3.51. The van der Waals surface area contributed by atoms with E-state index < -0.39 is 11.8 Å². The lowest BCUT2D eigenvalue weighted by Crippen LogP contribution is -2.29. The zero-order valence-corrected chi connectivity index (χ0v) is 9.27. The number of anilines is 1. The van der Waals surface area contributed by atoms with Crippen LogP contribution in [-0.2, 0) is 4.79 Å². The minimum Gasteiger partial charge on any atom is -0.481 e. The van der Waals surface area contributed by atoms with Gasteiger partial charge in [-0.1, -0.05) is 0 Å². The second-order valence-corrected chi connectivity index (χ2v) is 4.26. The molecule has 1 aromatic heterocycles. The molecule has 0 saturated heterocycles. The number of nitrogens with zero attached hydrogens (tertiary/aromatic N) is 2. The average Bonchev–Trinajstić information content (AvgIpc) is 2.33. The van der Waals surface area contributed by atoms with Gasteiger partial charge in [0.15, 0.2) is 5.82 Å². The van der Waals surface area contributed by atoms with E-state index >= 15 is 0 Å². The number of carboxylic acids is 1. The predicted molar refractivity (Wildman–Crippen MR) is 59.0 cm³/mol. The fourth-order valence-electron chi connectivity index (χ4n) is 2.05. The molecule has 1 heterocycles. The Bertz CT molecular complexity index is 388. The van der Waals surface area contributed by atoms with E-state index in [4.69, 9.17) is 5.11 Å². The molecule has 0 bridgehead atoms. The number of aromatic nitrogens is 2. The fraction of sp³-hybridized carbons (Fsp3) is 0.545. The monoisotopic (exact) mass is 239 g/mol. The molecule has 2 rings (SSSR count). The minimum atomic E-state index is -0.721. The SMILES string of the molecule is O=C(O)C1CCC(Nc2ncc(F)cn2)CC1. The van der Waals surface area contributed by atoms with Gasteiger partial charge in [0.2, 0.25) is 5.95 Å². The van der Waals surface area contributed by atoms with Crippen LogP contribution in [0.15, 0.2) is 12.4 Å². The summed E-state index contributed by atoms with van der Waals surface area (Å²) in [5.41, 5.74) is 0. The molecule has 1 saturated carbocycles. The van der Waals surface area contributed by atoms with Gasteiger partial charge in [-0.25, -0.2) is 14.4 Å². The van der Waals surface area contributed by atoms with Crippen molar-refractivity contribution in [1.82, 2.24) is 9.97 Å².